The number of carbonyl (C=O) groups is 1. The molecule has 1 aliphatic rings. The number of fused-ring (bicyclic) bond motifs is 1. The molecule has 1 aromatic carbocycles. The van der Waals surface area contributed by atoms with Crippen molar-refractivity contribution in [2.75, 3.05) is 18.1 Å². The van der Waals surface area contributed by atoms with Gasteiger partial charge in [-0.05, 0) is 39.3 Å². The molecule has 0 spiro atoms. The Bertz CT molecular complexity index is 543. The third-order valence-electron chi connectivity index (χ3n) is 3.00. The minimum atomic E-state index is -0.515. The number of amides is 1. The lowest BCUT2D eigenvalue weighted by Crippen LogP contribution is -2.37. The van der Waals surface area contributed by atoms with Crippen LogP contribution >= 0.6 is 0 Å². The molecule has 1 aromatic rings. The molecule has 0 N–H and O–H groups in total. The largest absolute Gasteiger partial charge is 0.487 e. The maximum absolute atomic E-state index is 12.5. The van der Waals surface area contributed by atoms with E-state index in [1.165, 1.54) is 0 Å². The van der Waals surface area contributed by atoms with E-state index in [2.05, 4.69) is 0 Å². The molecule has 0 fully saturated rings. The van der Waals surface area contributed by atoms with Crippen LogP contribution in [0.4, 0.5) is 10.5 Å². The molecule has 21 heavy (non-hydrogen) atoms. The Morgan fingerprint density at radius 1 is 1.38 bits per heavy atom. The van der Waals surface area contributed by atoms with Crippen LogP contribution in [0.3, 0.4) is 0 Å². The number of hydrogen-bond acceptors (Lipinski definition) is 3. The highest BCUT2D eigenvalue weighted by Crippen LogP contribution is 2.35. The van der Waals surface area contributed by atoms with Crippen LogP contribution in [0.2, 0.25) is 0 Å². The summed E-state index contributed by atoms with van der Waals surface area (Å²) in [7, 11) is 0. The monoisotopic (exact) mass is 289 g/mol. The summed E-state index contributed by atoms with van der Waals surface area (Å²) in [6.45, 7) is 8.77. The van der Waals surface area contributed by atoms with Gasteiger partial charge in [-0.2, -0.15) is 0 Å². The van der Waals surface area contributed by atoms with Gasteiger partial charge >= 0.3 is 6.09 Å². The molecule has 0 unspecified atom stereocenters. The van der Waals surface area contributed by atoms with Crippen LogP contribution in [0.25, 0.3) is 6.08 Å². The summed E-state index contributed by atoms with van der Waals surface area (Å²) in [5, 5.41) is 0. The van der Waals surface area contributed by atoms with Gasteiger partial charge in [-0.1, -0.05) is 25.1 Å². The summed E-state index contributed by atoms with van der Waals surface area (Å²) < 4.78 is 11.2. The molecular weight excluding hydrogens is 266 g/mol. The molecule has 1 heterocycles. The van der Waals surface area contributed by atoms with E-state index in [9.17, 15) is 4.79 Å². The van der Waals surface area contributed by atoms with Gasteiger partial charge in [0.05, 0.1) is 5.69 Å². The highest BCUT2D eigenvalue weighted by molar-refractivity contribution is 5.91. The summed E-state index contributed by atoms with van der Waals surface area (Å²) in [5.41, 5.74) is 1.25. The number of carbonyl (C=O) groups excluding carboxylic acids is 1. The number of anilines is 1. The van der Waals surface area contributed by atoms with Gasteiger partial charge in [-0.3, -0.25) is 4.90 Å². The van der Waals surface area contributed by atoms with Crippen molar-refractivity contribution >= 4 is 17.9 Å². The molecule has 0 saturated heterocycles. The van der Waals surface area contributed by atoms with E-state index >= 15 is 0 Å². The molecule has 1 amide bonds. The number of hydrogen-bond donors (Lipinski definition) is 0. The first-order valence-corrected chi connectivity index (χ1v) is 7.35. The van der Waals surface area contributed by atoms with Gasteiger partial charge in [0.25, 0.3) is 0 Å². The molecule has 0 saturated carbocycles. The Kier molecular flexibility index (Phi) is 4.56. The van der Waals surface area contributed by atoms with Gasteiger partial charge in [-0.25, -0.2) is 4.79 Å². The first-order valence-electron chi connectivity index (χ1n) is 7.35. The second-order valence-electron chi connectivity index (χ2n) is 6.04. The molecule has 0 bridgehead atoms. The van der Waals surface area contributed by atoms with Crippen LogP contribution in [0.5, 0.6) is 5.75 Å². The Balaban J connectivity index is 2.35. The Hall–Kier alpha value is -1.97. The molecule has 0 aromatic heterocycles. The van der Waals surface area contributed by atoms with Gasteiger partial charge in [0, 0.05) is 12.1 Å². The van der Waals surface area contributed by atoms with Crippen LogP contribution in [0.1, 0.15) is 39.7 Å². The standard InChI is InChI=1S/C17H23NO3/c1-5-11-18(16(19)21-17(2,3)4)14-10-6-8-13-9-7-12-20-15(13)14/h6-10H,5,11-12H2,1-4H3. The van der Waals surface area contributed by atoms with E-state index in [4.69, 9.17) is 9.47 Å². The van der Waals surface area contributed by atoms with Crippen LogP contribution in [-0.4, -0.2) is 24.8 Å². The van der Waals surface area contributed by atoms with Crippen molar-refractivity contribution in [3.63, 3.8) is 0 Å². The summed E-state index contributed by atoms with van der Waals surface area (Å²) in [5.74, 6) is 0.749. The summed E-state index contributed by atoms with van der Waals surface area (Å²) in [6, 6.07) is 5.81. The SMILES string of the molecule is CCCN(C(=O)OC(C)(C)C)c1cccc2c1OCC=C2. The molecule has 0 aliphatic carbocycles. The average molecular weight is 289 g/mol. The number of benzene rings is 1. The van der Waals surface area contributed by atoms with Crippen LogP contribution in [0, 0.1) is 0 Å². The Morgan fingerprint density at radius 2 is 2.14 bits per heavy atom. The van der Waals surface area contributed by atoms with Crippen molar-refractivity contribution in [3.05, 3.63) is 29.8 Å². The number of para-hydroxylation sites is 1. The molecule has 0 radical (unpaired) electrons. The molecule has 1 aliphatic heterocycles. The molecule has 4 nitrogen and oxygen atoms in total. The van der Waals surface area contributed by atoms with Crippen LogP contribution in [0.15, 0.2) is 24.3 Å². The number of ether oxygens (including phenoxy) is 2. The van der Waals surface area contributed by atoms with E-state index in [-0.39, 0.29) is 6.09 Å². The van der Waals surface area contributed by atoms with Gasteiger partial charge < -0.3 is 9.47 Å². The Morgan fingerprint density at radius 3 is 2.81 bits per heavy atom. The zero-order valence-electron chi connectivity index (χ0n) is 13.2. The maximum atomic E-state index is 12.5. The lowest BCUT2D eigenvalue weighted by molar-refractivity contribution is 0.0579. The van der Waals surface area contributed by atoms with Gasteiger partial charge in [0.2, 0.25) is 0 Å². The van der Waals surface area contributed by atoms with Crippen molar-refractivity contribution in [2.24, 2.45) is 0 Å². The van der Waals surface area contributed by atoms with E-state index in [0.29, 0.717) is 13.2 Å². The zero-order valence-corrected chi connectivity index (χ0v) is 13.2. The van der Waals surface area contributed by atoms with Crippen LogP contribution in [-0.2, 0) is 4.74 Å². The quantitative estimate of drug-likeness (QED) is 0.835. The third-order valence-corrected chi connectivity index (χ3v) is 3.00. The second kappa shape index (κ2) is 6.20. The molecule has 114 valence electrons. The predicted molar refractivity (Wildman–Crippen MR) is 84.8 cm³/mol. The number of rotatable bonds is 3. The van der Waals surface area contributed by atoms with E-state index in [1.807, 2.05) is 58.0 Å². The predicted octanol–water partition coefficient (Wildman–Crippen LogP) is 4.24. The molecule has 4 heteroatoms. The lowest BCUT2D eigenvalue weighted by Gasteiger charge is -2.29. The minimum absolute atomic E-state index is 0.337. The highest BCUT2D eigenvalue weighted by Gasteiger charge is 2.26. The van der Waals surface area contributed by atoms with Crippen molar-refractivity contribution in [1.82, 2.24) is 0 Å². The first-order chi connectivity index (χ1) is 9.92. The summed E-state index contributed by atoms with van der Waals surface area (Å²) in [6.07, 6.45) is 4.49. The molecule has 2 rings (SSSR count). The van der Waals surface area contributed by atoms with E-state index < -0.39 is 5.60 Å². The van der Waals surface area contributed by atoms with E-state index in [0.717, 1.165) is 23.4 Å². The second-order valence-corrected chi connectivity index (χ2v) is 6.04. The topological polar surface area (TPSA) is 38.8 Å². The minimum Gasteiger partial charge on any atom is -0.487 e. The zero-order chi connectivity index (χ0) is 15.5. The van der Waals surface area contributed by atoms with Crippen molar-refractivity contribution < 1.29 is 14.3 Å². The van der Waals surface area contributed by atoms with Crippen molar-refractivity contribution in [1.29, 1.82) is 0 Å². The normalized spacial score (nSPS) is 13.3. The van der Waals surface area contributed by atoms with Gasteiger partial charge in [0.1, 0.15) is 12.2 Å². The fourth-order valence-electron chi connectivity index (χ4n) is 2.20. The highest BCUT2D eigenvalue weighted by atomic mass is 16.6. The van der Waals surface area contributed by atoms with Gasteiger partial charge in [0.15, 0.2) is 5.75 Å². The Labute approximate surface area is 126 Å². The van der Waals surface area contributed by atoms with Gasteiger partial charge in [-0.15, -0.1) is 0 Å². The van der Waals surface area contributed by atoms with Crippen LogP contribution < -0.4 is 9.64 Å². The smallest absolute Gasteiger partial charge is 0.414 e. The average Bonchev–Trinajstić information content (AvgIpc) is 2.42. The fourth-order valence-corrected chi connectivity index (χ4v) is 2.20. The van der Waals surface area contributed by atoms with Crippen molar-refractivity contribution in [2.45, 2.75) is 39.7 Å². The molecule has 0 atom stereocenters. The summed E-state index contributed by atoms with van der Waals surface area (Å²) >= 11 is 0. The number of nitrogens with zero attached hydrogens (tertiary/aromatic N) is 1. The summed E-state index contributed by atoms with van der Waals surface area (Å²) in [4.78, 5) is 14.1. The van der Waals surface area contributed by atoms with E-state index in [1.54, 1.807) is 4.90 Å². The fraction of sp³-hybridized carbons (Fsp3) is 0.471. The first kappa shape index (κ1) is 15.4. The molecular formula is C17H23NO3. The third kappa shape index (κ3) is 3.78. The maximum Gasteiger partial charge on any atom is 0.414 e. The van der Waals surface area contributed by atoms with Crippen molar-refractivity contribution in [3.8, 4) is 5.75 Å². The lowest BCUT2D eigenvalue weighted by atomic mass is 10.1.